The van der Waals surface area contributed by atoms with E-state index in [2.05, 4.69) is 16.4 Å². The van der Waals surface area contributed by atoms with Gasteiger partial charge in [-0.15, -0.1) is 0 Å². The number of hydrogen-bond acceptors (Lipinski definition) is 4. The van der Waals surface area contributed by atoms with Crippen LogP contribution in [0.2, 0.25) is 0 Å². The molecule has 22 heavy (non-hydrogen) atoms. The Morgan fingerprint density at radius 3 is 2.91 bits per heavy atom. The van der Waals surface area contributed by atoms with Crippen molar-refractivity contribution in [1.82, 2.24) is 10.3 Å². The van der Waals surface area contributed by atoms with Crippen LogP contribution < -0.4 is 5.32 Å². The summed E-state index contributed by atoms with van der Waals surface area (Å²) in [5.74, 6) is 0.0338. The molecule has 1 unspecified atom stereocenters. The topological polar surface area (TPSA) is 88.5 Å². The van der Waals surface area contributed by atoms with Gasteiger partial charge < -0.3 is 14.6 Å². The van der Waals surface area contributed by atoms with Gasteiger partial charge in [-0.3, -0.25) is 9.78 Å². The molecule has 0 saturated heterocycles. The third-order valence-electron chi connectivity index (χ3n) is 3.02. The molecule has 124 valence electrons. The minimum atomic E-state index is -1.82. The van der Waals surface area contributed by atoms with Crippen molar-refractivity contribution in [3.05, 3.63) is 30.1 Å². The van der Waals surface area contributed by atoms with Gasteiger partial charge in [-0.05, 0) is 37.3 Å². The number of ether oxygens (including phenoxy) is 1. The zero-order valence-electron chi connectivity index (χ0n) is 12.7. The van der Waals surface area contributed by atoms with Gasteiger partial charge in [0, 0.05) is 37.7 Å². The molecule has 7 heteroatoms. The van der Waals surface area contributed by atoms with Crippen molar-refractivity contribution >= 4 is 17.0 Å². The maximum Gasteiger partial charge on any atom is 0.220 e. The van der Waals surface area contributed by atoms with Crippen LogP contribution in [0, 0.1) is 0 Å². The van der Waals surface area contributed by atoms with Crippen LogP contribution in [0.5, 0.6) is 0 Å². The van der Waals surface area contributed by atoms with E-state index in [0.29, 0.717) is 26.2 Å². The van der Waals surface area contributed by atoms with E-state index in [4.69, 9.17) is 9.29 Å². The Labute approximate surface area is 134 Å². The molecule has 0 aliphatic carbocycles. The Bertz CT molecular complexity index is 442. The summed E-state index contributed by atoms with van der Waals surface area (Å²) in [4.78, 5) is 15.4. The van der Waals surface area contributed by atoms with Crippen molar-refractivity contribution in [2.45, 2.75) is 32.1 Å². The van der Waals surface area contributed by atoms with Gasteiger partial charge in [-0.1, -0.05) is 6.07 Å². The molecule has 0 bridgehead atoms. The minimum Gasteiger partial charge on any atom is -0.380 e. The highest BCUT2D eigenvalue weighted by atomic mass is 32.2. The van der Waals surface area contributed by atoms with Crippen LogP contribution >= 0.6 is 0 Å². The molecular weight excluding hydrogens is 304 g/mol. The molecule has 0 aliphatic rings. The van der Waals surface area contributed by atoms with E-state index in [-0.39, 0.29) is 18.1 Å². The quantitative estimate of drug-likeness (QED) is 0.449. The van der Waals surface area contributed by atoms with Gasteiger partial charge in [0.25, 0.3) is 0 Å². The minimum absolute atomic E-state index is 0.106. The lowest BCUT2D eigenvalue weighted by Gasteiger charge is -2.06. The molecule has 1 aromatic heterocycles. The van der Waals surface area contributed by atoms with E-state index in [1.165, 1.54) is 5.56 Å². The molecule has 6 nitrogen and oxygen atoms in total. The smallest absolute Gasteiger partial charge is 0.220 e. The van der Waals surface area contributed by atoms with Crippen molar-refractivity contribution in [3.8, 4) is 0 Å². The third kappa shape index (κ3) is 10.4. The second kappa shape index (κ2) is 12.3. The van der Waals surface area contributed by atoms with Crippen LogP contribution in [-0.2, 0) is 27.0 Å². The van der Waals surface area contributed by atoms with Crippen molar-refractivity contribution < 1.29 is 18.3 Å². The number of nitrogens with one attached hydrogen (secondary N) is 1. The van der Waals surface area contributed by atoms with Crippen LogP contribution in [0.1, 0.15) is 31.2 Å². The van der Waals surface area contributed by atoms with Crippen LogP contribution in [-0.4, -0.2) is 45.2 Å². The Morgan fingerprint density at radius 1 is 1.32 bits per heavy atom. The van der Waals surface area contributed by atoms with E-state index >= 15 is 0 Å². The first-order valence-electron chi connectivity index (χ1n) is 7.49. The molecule has 0 aromatic carbocycles. The highest BCUT2D eigenvalue weighted by Gasteiger charge is 2.02. The largest absolute Gasteiger partial charge is 0.380 e. The van der Waals surface area contributed by atoms with Crippen molar-refractivity contribution in [2.75, 3.05) is 25.5 Å². The second-order valence-corrected chi connectivity index (χ2v) is 5.96. The summed E-state index contributed by atoms with van der Waals surface area (Å²) < 4.78 is 24.4. The van der Waals surface area contributed by atoms with E-state index in [9.17, 15) is 9.00 Å². The predicted molar refractivity (Wildman–Crippen MR) is 85.9 cm³/mol. The summed E-state index contributed by atoms with van der Waals surface area (Å²) in [5.41, 5.74) is 1.23. The van der Waals surface area contributed by atoms with Crippen molar-refractivity contribution in [3.63, 3.8) is 0 Å². The van der Waals surface area contributed by atoms with Crippen molar-refractivity contribution in [2.24, 2.45) is 0 Å². The number of nitrogens with zero attached hydrogens (tertiary/aromatic N) is 1. The zero-order valence-corrected chi connectivity index (χ0v) is 13.5. The normalized spacial score (nSPS) is 12.0. The molecular formula is C15H24N2O4S. The predicted octanol–water partition coefficient (Wildman–Crippen LogP) is 1.54. The van der Waals surface area contributed by atoms with Crippen LogP contribution in [0.3, 0.4) is 0 Å². The summed E-state index contributed by atoms with van der Waals surface area (Å²) in [7, 11) is 0. The highest BCUT2D eigenvalue weighted by molar-refractivity contribution is 7.79. The van der Waals surface area contributed by atoms with Crippen LogP contribution in [0.4, 0.5) is 0 Å². The number of hydrogen-bond donors (Lipinski definition) is 2. The van der Waals surface area contributed by atoms with Gasteiger partial charge in [0.1, 0.15) is 0 Å². The maximum absolute atomic E-state index is 11.4. The number of carbonyl (C=O) groups excluding carboxylic acids is 1. The summed E-state index contributed by atoms with van der Waals surface area (Å²) in [6, 6.07) is 4.00. The summed E-state index contributed by atoms with van der Waals surface area (Å²) in [6.45, 7) is 1.65. The number of amides is 1. The van der Waals surface area contributed by atoms with Gasteiger partial charge in [0.05, 0.1) is 6.61 Å². The lowest BCUT2D eigenvalue weighted by Crippen LogP contribution is -2.27. The molecule has 1 rings (SSSR count). The summed E-state index contributed by atoms with van der Waals surface area (Å²) in [5, 5.41) is 2.72. The fraction of sp³-hybridized carbons (Fsp3) is 0.600. The lowest BCUT2D eigenvalue weighted by atomic mass is 10.1. The summed E-state index contributed by atoms with van der Waals surface area (Å²) in [6.07, 6.45) is 7.37. The fourth-order valence-corrected chi connectivity index (χ4v) is 2.28. The molecule has 1 aromatic rings. The molecule has 0 spiro atoms. The molecule has 0 radical (unpaired) electrons. The van der Waals surface area contributed by atoms with Crippen LogP contribution in [0.15, 0.2) is 24.5 Å². The Kier molecular flexibility index (Phi) is 10.4. The molecule has 1 amide bonds. The number of aromatic nitrogens is 1. The first-order valence-corrected chi connectivity index (χ1v) is 8.77. The van der Waals surface area contributed by atoms with Gasteiger partial charge in [-0.25, -0.2) is 4.21 Å². The van der Waals surface area contributed by atoms with Gasteiger partial charge in [-0.2, -0.15) is 0 Å². The second-order valence-electron chi connectivity index (χ2n) is 4.91. The number of unbranched alkanes of at least 4 members (excludes halogenated alkanes) is 1. The fourth-order valence-electron chi connectivity index (χ4n) is 1.89. The number of aryl methyl sites for hydroxylation is 1. The van der Waals surface area contributed by atoms with E-state index in [1.807, 2.05) is 12.3 Å². The average Bonchev–Trinajstić information content (AvgIpc) is 2.50. The van der Waals surface area contributed by atoms with E-state index in [0.717, 1.165) is 19.3 Å². The first-order chi connectivity index (χ1) is 10.7. The van der Waals surface area contributed by atoms with Gasteiger partial charge in [0.15, 0.2) is 11.1 Å². The monoisotopic (exact) mass is 328 g/mol. The molecule has 0 fully saturated rings. The number of rotatable bonds is 12. The van der Waals surface area contributed by atoms with Gasteiger partial charge >= 0.3 is 0 Å². The SMILES string of the molecule is O=C(CCCS(=O)O)NCCOCCCCc1cccnc1. The molecule has 0 aliphatic heterocycles. The Hall–Kier alpha value is -1.31. The van der Waals surface area contributed by atoms with Crippen molar-refractivity contribution in [1.29, 1.82) is 0 Å². The third-order valence-corrected chi connectivity index (χ3v) is 3.66. The summed E-state index contributed by atoms with van der Waals surface area (Å²) >= 11 is -1.82. The van der Waals surface area contributed by atoms with Crippen LogP contribution in [0.25, 0.3) is 0 Å². The number of pyridine rings is 1. The molecule has 1 atom stereocenters. The number of carbonyl (C=O) groups is 1. The maximum atomic E-state index is 11.4. The average molecular weight is 328 g/mol. The van der Waals surface area contributed by atoms with E-state index < -0.39 is 11.1 Å². The molecule has 1 heterocycles. The lowest BCUT2D eigenvalue weighted by molar-refractivity contribution is -0.121. The van der Waals surface area contributed by atoms with E-state index in [1.54, 1.807) is 6.20 Å². The first kappa shape index (κ1) is 18.7. The molecule has 2 N–H and O–H groups in total. The Balaban J connectivity index is 1.87. The standard InChI is InChI=1S/C15H24N2O4S/c18-15(7-4-12-22(19)20)17-9-11-21-10-2-1-5-14-6-3-8-16-13-14/h3,6,8,13H,1-2,4-5,7,9-12H2,(H,17,18)(H,19,20). The van der Waals surface area contributed by atoms with Gasteiger partial charge in [0.2, 0.25) is 5.91 Å². The molecule has 0 saturated carbocycles. The Morgan fingerprint density at radius 2 is 2.18 bits per heavy atom. The highest BCUT2D eigenvalue weighted by Crippen LogP contribution is 2.02. The zero-order chi connectivity index (χ0) is 16.0.